The Morgan fingerprint density at radius 2 is 1.80 bits per heavy atom. The van der Waals surface area contributed by atoms with E-state index in [4.69, 9.17) is 4.74 Å². The molecule has 0 spiro atoms. The van der Waals surface area contributed by atoms with E-state index in [2.05, 4.69) is 43.3 Å². The lowest BCUT2D eigenvalue weighted by Crippen LogP contribution is -2.60. The monoisotopic (exact) mass is 560 g/mol. The van der Waals surface area contributed by atoms with Crippen LogP contribution < -0.4 is 16.0 Å². The summed E-state index contributed by atoms with van der Waals surface area (Å²) in [5.74, 6) is -1.79. The third kappa shape index (κ3) is 6.86. The first-order valence-corrected chi connectivity index (χ1v) is 14.6. The number of likely N-dealkylation sites (tertiary alicyclic amines) is 1. The van der Waals surface area contributed by atoms with Gasteiger partial charge in [-0.05, 0) is 54.3 Å². The lowest BCUT2D eigenvalue weighted by molar-refractivity contribution is -0.145. The molecule has 0 radical (unpaired) electrons. The summed E-state index contributed by atoms with van der Waals surface area (Å²) in [5, 5.41) is 8.06. The molecule has 224 valence electrons. The zero-order valence-electron chi connectivity index (χ0n) is 25.2. The normalized spacial score (nSPS) is 28.1. The van der Waals surface area contributed by atoms with E-state index < -0.39 is 47.2 Å². The molecule has 3 fully saturated rings. The fourth-order valence-corrected chi connectivity index (χ4v) is 6.42. The molecule has 2 aliphatic carbocycles. The molecule has 10 nitrogen and oxygen atoms in total. The first kappa shape index (κ1) is 31.6. The smallest absolute Gasteiger partial charge is 0.408 e. The van der Waals surface area contributed by atoms with Crippen molar-refractivity contribution in [3.8, 4) is 0 Å². The molecule has 0 aromatic rings. The maximum absolute atomic E-state index is 14.0. The summed E-state index contributed by atoms with van der Waals surface area (Å²) in [6, 6.07) is -2.72. The summed E-state index contributed by atoms with van der Waals surface area (Å²) < 4.78 is 5.63. The van der Waals surface area contributed by atoms with Gasteiger partial charge < -0.3 is 25.6 Å². The Morgan fingerprint density at radius 1 is 1.12 bits per heavy atom. The van der Waals surface area contributed by atoms with Crippen molar-refractivity contribution in [3.05, 3.63) is 12.7 Å². The van der Waals surface area contributed by atoms with E-state index in [1.54, 1.807) is 4.90 Å². The summed E-state index contributed by atoms with van der Waals surface area (Å²) in [7, 11) is 0. The van der Waals surface area contributed by atoms with Crippen LogP contribution in [-0.4, -0.2) is 71.8 Å². The average Bonchev–Trinajstić information content (AvgIpc) is 3.21. The van der Waals surface area contributed by atoms with Crippen LogP contribution in [0.4, 0.5) is 4.79 Å². The number of piperidine rings is 1. The second kappa shape index (κ2) is 12.3. The zero-order chi connectivity index (χ0) is 30.0. The predicted octanol–water partition coefficient (Wildman–Crippen LogP) is 2.96. The molecule has 0 bridgehead atoms. The van der Waals surface area contributed by atoms with Crippen LogP contribution in [0.2, 0.25) is 0 Å². The van der Waals surface area contributed by atoms with Gasteiger partial charge in [0.25, 0.3) is 5.91 Å². The van der Waals surface area contributed by atoms with Gasteiger partial charge in [-0.2, -0.15) is 0 Å². The van der Waals surface area contributed by atoms with Gasteiger partial charge >= 0.3 is 6.09 Å². The second-order valence-corrected chi connectivity index (χ2v) is 13.5. The minimum atomic E-state index is -1.000. The molecule has 1 heterocycles. The Kier molecular flexibility index (Phi) is 9.73. The molecule has 1 aliphatic heterocycles. The number of hydrogen-bond donors (Lipinski definition) is 3. The lowest BCUT2D eigenvalue weighted by Gasteiger charge is -2.37. The number of ketones is 1. The maximum Gasteiger partial charge on any atom is 0.408 e. The number of Topliss-reactive ketones (excluding diaryl/α,β-unsaturated/α-hetero) is 1. The van der Waals surface area contributed by atoms with Crippen LogP contribution in [-0.2, 0) is 23.9 Å². The lowest BCUT2D eigenvalue weighted by atomic mass is 9.85. The molecule has 1 saturated heterocycles. The summed E-state index contributed by atoms with van der Waals surface area (Å²) in [6.45, 7) is 17.8. The molecule has 3 rings (SSSR count). The largest absolute Gasteiger partial charge is 0.446 e. The molecule has 40 heavy (non-hydrogen) atoms. The van der Waals surface area contributed by atoms with Crippen molar-refractivity contribution in [1.29, 1.82) is 0 Å². The number of carbonyl (C=O) groups is 5. The van der Waals surface area contributed by atoms with Crippen LogP contribution in [0.1, 0.15) is 80.6 Å². The number of hydrogen-bond acceptors (Lipinski definition) is 6. The highest BCUT2D eigenvalue weighted by atomic mass is 16.6. The van der Waals surface area contributed by atoms with Crippen molar-refractivity contribution in [3.63, 3.8) is 0 Å². The highest BCUT2D eigenvalue weighted by Crippen LogP contribution is 2.65. The van der Waals surface area contributed by atoms with Gasteiger partial charge in [-0.3, -0.25) is 19.2 Å². The minimum Gasteiger partial charge on any atom is -0.446 e. The SMILES string of the molecule is C=CCNC(=O)C(=O)C(CCC)NC(=O)[C@@H]1[C@@H]2[C@H](CN1C(=O)[C@@H](NC(=O)OC1CCC(C)C1)C(C)(C)C)C2(C)C. The van der Waals surface area contributed by atoms with E-state index in [9.17, 15) is 24.0 Å². The van der Waals surface area contributed by atoms with E-state index in [-0.39, 0.29) is 35.8 Å². The van der Waals surface area contributed by atoms with Gasteiger partial charge in [0, 0.05) is 13.1 Å². The molecule has 2 saturated carbocycles. The summed E-state index contributed by atoms with van der Waals surface area (Å²) in [5.41, 5.74) is -0.792. The van der Waals surface area contributed by atoms with Gasteiger partial charge in [0.05, 0.1) is 6.04 Å². The van der Waals surface area contributed by atoms with Crippen molar-refractivity contribution < 1.29 is 28.7 Å². The molecule has 0 aromatic carbocycles. The fourth-order valence-electron chi connectivity index (χ4n) is 6.42. The second-order valence-electron chi connectivity index (χ2n) is 13.5. The number of alkyl carbamates (subject to hydrolysis) is 1. The Balaban J connectivity index is 1.78. The number of carbonyl (C=O) groups excluding carboxylic acids is 5. The van der Waals surface area contributed by atoms with Crippen LogP contribution in [0.3, 0.4) is 0 Å². The van der Waals surface area contributed by atoms with E-state index in [0.717, 1.165) is 19.3 Å². The number of nitrogens with one attached hydrogen (secondary N) is 3. The molecular weight excluding hydrogens is 512 g/mol. The highest BCUT2D eigenvalue weighted by molar-refractivity contribution is 6.38. The van der Waals surface area contributed by atoms with Gasteiger partial charge in [-0.1, -0.05) is 61.0 Å². The van der Waals surface area contributed by atoms with Crippen molar-refractivity contribution in [2.75, 3.05) is 13.1 Å². The fraction of sp³-hybridized carbons (Fsp3) is 0.767. The molecule has 3 N–H and O–H groups in total. The van der Waals surface area contributed by atoms with Crippen LogP contribution in [0.15, 0.2) is 12.7 Å². The molecule has 0 aromatic heterocycles. The Morgan fingerprint density at radius 3 is 2.35 bits per heavy atom. The van der Waals surface area contributed by atoms with E-state index in [0.29, 0.717) is 25.3 Å². The molecule has 3 unspecified atom stereocenters. The molecule has 3 aliphatic rings. The van der Waals surface area contributed by atoms with Crippen molar-refractivity contribution >= 4 is 29.6 Å². The number of nitrogens with zero attached hydrogens (tertiary/aromatic N) is 1. The third-order valence-corrected chi connectivity index (χ3v) is 8.90. The zero-order valence-corrected chi connectivity index (χ0v) is 25.2. The highest BCUT2D eigenvalue weighted by Gasteiger charge is 2.70. The Hall–Kier alpha value is -2.91. The summed E-state index contributed by atoms with van der Waals surface area (Å²) in [6.07, 6.45) is 4.16. The Bertz CT molecular complexity index is 1020. The quantitative estimate of drug-likeness (QED) is 0.263. The molecular formula is C30H48N4O6. The molecule has 10 heteroatoms. The number of fused-ring (bicyclic) bond motifs is 1. The summed E-state index contributed by atoms with van der Waals surface area (Å²) >= 11 is 0. The maximum atomic E-state index is 14.0. The third-order valence-electron chi connectivity index (χ3n) is 8.90. The van der Waals surface area contributed by atoms with Crippen LogP contribution >= 0.6 is 0 Å². The standard InChI is InChI=1S/C30H48N4O6/c1-9-11-20(23(35)26(37)31-14-10-2)32-25(36)22-21-19(30(21,7)8)16-34(22)27(38)24(29(4,5)6)33-28(39)40-18-13-12-17(3)15-18/h10,17-22,24H,2,9,11-16H2,1,3-8H3,(H,31,37)(H,32,36)(H,33,39)/t17?,18?,19-,20?,21-,22-,24+/m0/s1. The van der Waals surface area contributed by atoms with Crippen molar-refractivity contribution in [2.45, 2.75) is 105 Å². The van der Waals surface area contributed by atoms with Crippen molar-refractivity contribution in [1.82, 2.24) is 20.9 Å². The van der Waals surface area contributed by atoms with Crippen LogP contribution in [0.25, 0.3) is 0 Å². The number of ether oxygens (including phenoxy) is 1. The summed E-state index contributed by atoms with van der Waals surface area (Å²) in [4.78, 5) is 67.3. The van der Waals surface area contributed by atoms with Crippen LogP contribution in [0, 0.1) is 28.6 Å². The van der Waals surface area contributed by atoms with E-state index in [1.807, 2.05) is 27.7 Å². The van der Waals surface area contributed by atoms with Gasteiger partial charge in [-0.15, -0.1) is 6.58 Å². The van der Waals surface area contributed by atoms with Gasteiger partial charge in [-0.25, -0.2) is 4.79 Å². The van der Waals surface area contributed by atoms with Crippen LogP contribution in [0.5, 0.6) is 0 Å². The Labute approximate surface area is 238 Å². The number of rotatable bonds is 11. The van der Waals surface area contributed by atoms with E-state index >= 15 is 0 Å². The topological polar surface area (TPSA) is 134 Å². The first-order chi connectivity index (χ1) is 18.6. The minimum absolute atomic E-state index is 0.0871. The number of amides is 4. The van der Waals surface area contributed by atoms with E-state index in [1.165, 1.54) is 6.08 Å². The first-order valence-electron chi connectivity index (χ1n) is 14.6. The van der Waals surface area contributed by atoms with Crippen molar-refractivity contribution in [2.24, 2.45) is 28.6 Å². The van der Waals surface area contributed by atoms with Gasteiger partial charge in [0.15, 0.2) is 0 Å². The van der Waals surface area contributed by atoms with Gasteiger partial charge in [0.2, 0.25) is 17.6 Å². The average molecular weight is 561 g/mol. The predicted molar refractivity (Wildman–Crippen MR) is 151 cm³/mol. The molecule has 7 atom stereocenters. The molecule has 4 amide bonds. The van der Waals surface area contributed by atoms with Gasteiger partial charge in [0.1, 0.15) is 18.2 Å².